The van der Waals surface area contributed by atoms with Crippen LogP contribution >= 0.6 is 0 Å². The molecule has 0 aliphatic carbocycles. The first-order chi connectivity index (χ1) is 6.87. The fraction of sp³-hybridized carbons (Fsp3) is 0.417. The van der Waals surface area contributed by atoms with E-state index in [2.05, 4.69) is 0 Å². The molecule has 3 nitrogen and oxygen atoms in total. The molecule has 2 N–H and O–H groups in total. The van der Waals surface area contributed by atoms with Crippen LogP contribution in [0.15, 0.2) is 35.6 Å². The maximum atomic E-state index is 10.9. The molecule has 15 heavy (non-hydrogen) atoms. The van der Waals surface area contributed by atoms with E-state index in [1.54, 1.807) is 24.3 Å². The molecular formula is C12H18O3. The summed E-state index contributed by atoms with van der Waals surface area (Å²) >= 11 is 0. The Morgan fingerprint density at radius 2 is 1.47 bits per heavy atom. The second-order valence-electron chi connectivity index (χ2n) is 3.73. The zero-order chi connectivity index (χ0) is 12.1. The predicted octanol–water partition coefficient (Wildman–Crippen LogP) is 3.06. The molecule has 0 unspecified atom stereocenters. The van der Waals surface area contributed by atoms with E-state index < -0.39 is 11.4 Å². The van der Waals surface area contributed by atoms with Gasteiger partial charge in [0.15, 0.2) is 0 Å². The summed E-state index contributed by atoms with van der Waals surface area (Å²) in [6.07, 6.45) is 6.87. The zero-order valence-electron chi connectivity index (χ0n) is 9.61. The fourth-order valence-corrected chi connectivity index (χ4v) is 1.03. The summed E-state index contributed by atoms with van der Waals surface area (Å²) in [7, 11) is 0. The third kappa shape index (κ3) is 3.27. The van der Waals surface area contributed by atoms with Crippen LogP contribution in [0.4, 0.5) is 0 Å². The minimum atomic E-state index is -1.27. The summed E-state index contributed by atoms with van der Waals surface area (Å²) in [5.74, 6) is -1.18. The molecule has 0 aliphatic heterocycles. The van der Waals surface area contributed by atoms with Crippen molar-refractivity contribution in [1.82, 2.24) is 0 Å². The molecule has 0 saturated heterocycles. The van der Waals surface area contributed by atoms with Gasteiger partial charge in [0.25, 0.3) is 0 Å². The van der Waals surface area contributed by atoms with Gasteiger partial charge in [-0.1, -0.05) is 24.3 Å². The number of allylic oxidation sites excluding steroid dienone is 5. The number of aliphatic carboxylic acids is 1. The minimum Gasteiger partial charge on any atom is -0.510 e. The standard InChI is InChI=1S/C12H18O3/c1-5-7-9(8-6-2)10(13)12(3,4)11(14)15/h5-8,13H,1-4H3,(H,14,15). The monoisotopic (exact) mass is 210 g/mol. The molecule has 0 saturated carbocycles. The lowest BCUT2D eigenvalue weighted by molar-refractivity contribution is -0.146. The Bertz CT molecular complexity index is 306. The highest BCUT2D eigenvalue weighted by Crippen LogP contribution is 2.28. The van der Waals surface area contributed by atoms with Gasteiger partial charge in [0, 0.05) is 5.57 Å². The second-order valence-corrected chi connectivity index (χ2v) is 3.73. The number of carbonyl (C=O) groups is 1. The Kier molecular flexibility index (Phi) is 4.85. The summed E-state index contributed by atoms with van der Waals surface area (Å²) in [6.45, 7) is 6.56. The van der Waals surface area contributed by atoms with Crippen LogP contribution in [0, 0.1) is 5.41 Å². The third-order valence-electron chi connectivity index (χ3n) is 2.09. The van der Waals surface area contributed by atoms with Crippen molar-refractivity contribution in [2.75, 3.05) is 0 Å². The topological polar surface area (TPSA) is 57.5 Å². The molecule has 0 radical (unpaired) electrons. The summed E-state index contributed by atoms with van der Waals surface area (Å²) in [5.41, 5.74) is -0.749. The largest absolute Gasteiger partial charge is 0.510 e. The van der Waals surface area contributed by atoms with Crippen molar-refractivity contribution in [2.45, 2.75) is 27.7 Å². The number of aliphatic hydroxyl groups excluding tert-OH is 1. The Morgan fingerprint density at radius 3 is 1.73 bits per heavy atom. The van der Waals surface area contributed by atoms with Gasteiger partial charge >= 0.3 is 5.97 Å². The second kappa shape index (κ2) is 5.39. The first-order valence-electron chi connectivity index (χ1n) is 4.80. The highest BCUT2D eigenvalue weighted by molar-refractivity contribution is 5.77. The van der Waals surface area contributed by atoms with Crippen molar-refractivity contribution in [1.29, 1.82) is 0 Å². The molecule has 0 fully saturated rings. The molecule has 0 heterocycles. The van der Waals surface area contributed by atoms with Gasteiger partial charge in [-0.05, 0) is 27.7 Å². The molecule has 0 aromatic carbocycles. The molecule has 0 bridgehead atoms. The molecule has 0 aromatic rings. The number of aliphatic hydroxyl groups is 1. The molecular weight excluding hydrogens is 192 g/mol. The van der Waals surface area contributed by atoms with E-state index in [0.29, 0.717) is 5.57 Å². The Hall–Kier alpha value is -1.51. The lowest BCUT2D eigenvalue weighted by atomic mass is 9.88. The normalized spacial score (nSPS) is 12.3. The van der Waals surface area contributed by atoms with Gasteiger partial charge in [-0.3, -0.25) is 4.79 Å². The van der Waals surface area contributed by atoms with Crippen molar-refractivity contribution < 1.29 is 15.0 Å². The van der Waals surface area contributed by atoms with Gasteiger partial charge in [0.05, 0.1) is 0 Å². The number of hydrogen-bond donors (Lipinski definition) is 2. The van der Waals surface area contributed by atoms with Crippen LogP contribution < -0.4 is 0 Å². The van der Waals surface area contributed by atoms with Crippen LogP contribution in [0.5, 0.6) is 0 Å². The fourth-order valence-electron chi connectivity index (χ4n) is 1.03. The summed E-state index contributed by atoms with van der Waals surface area (Å²) in [4.78, 5) is 10.9. The van der Waals surface area contributed by atoms with Gasteiger partial charge in [-0.2, -0.15) is 0 Å². The van der Waals surface area contributed by atoms with Crippen LogP contribution in [0.25, 0.3) is 0 Å². The average molecular weight is 210 g/mol. The van der Waals surface area contributed by atoms with E-state index in [-0.39, 0.29) is 5.76 Å². The lowest BCUT2D eigenvalue weighted by Gasteiger charge is -2.19. The van der Waals surface area contributed by atoms with Crippen LogP contribution in [0.2, 0.25) is 0 Å². The quantitative estimate of drug-likeness (QED) is 0.553. The number of carboxylic acids is 1. The Balaban J connectivity index is 5.45. The predicted molar refractivity (Wildman–Crippen MR) is 60.7 cm³/mol. The maximum absolute atomic E-state index is 10.9. The average Bonchev–Trinajstić information content (AvgIpc) is 2.16. The summed E-state index contributed by atoms with van der Waals surface area (Å²) < 4.78 is 0. The highest BCUT2D eigenvalue weighted by Gasteiger charge is 2.33. The molecule has 3 heteroatoms. The van der Waals surface area contributed by atoms with Crippen molar-refractivity contribution in [2.24, 2.45) is 5.41 Å². The number of hydrogen-bond acceptors (Lipinski definition) is 2. The van der Waals surface area contributed by atoms with Crippen molar-refractivity contribution >= 4 is 5.97 Å². The SMILES string of the molecule is CC=CC(C=CC)=C(O)C(C)(C)C(=O)O. The maximum Gasteiger partial charge on any atom is 0.316 e. The van der Waals surface area contributed by atoms with Crippen molar-refractivity contribution in [3.63, 3.8) is 0 Å². The number of rotatable bonds is 4. The van der Waals surface area contributed by atoms with Gasteiger partial charge in [0.2, 0.25) is 0 Å². The van der Waals surface area contributed by atoms with Crippen LogP contribution in [0.1, 0.15) is 27.7 Å². The van der Waals surface area contributed by atoms with E-state index >= 15 is 0 Å². The smallest absolute Gasteiger partial charge is 0.316 e. The van der Waals surface area contributed by atoms with Gasteiger partial charge in [0.1, 0.15) is 11.2 Å². The molecule has 0 aliphatic rings. The Labute approximate surface area is 90.4 Å². The molecule has 84 valence electrons. The van der Waals surface area contributed by atoms with Crippen molar-refractivity contribution in [3.8, 4) is 0 Å². The minimum absolute atomic E-state index is 0.133. The van der Waals surface area contributed by atoms with E-state index in [0.717, 1.165) is 0 Å². The van der Waals surface area contributed by atoms with E-state index in [4.69, 9.17) is 5.11 Å². The number of carboxylic acid groups (broad SMARTS) is 1. The van der Waals surface area contributed by atoms with Crippen molar-refractivity contribution in [3.05, 3.63) is 35.6 Å². The molecule has 0 atom stereocenters. The van der Waals surface area contributed by atoms with E-state index in [1.165, 1.54) is 13.8 Å². The summed E-state index contributed by atoms with van der Waals surface area (Å²) in [5, 5.41) is 18.8. The van der Waals surface area contributed by atoms with Crippen LogP contribution in [0.3, 0.4) is 0 Å². The van der Waals surface area contributed by atoms with Crippen LogP contribution in [-0.4, -0.2) is 16.2 Å². The van der Waals surface area contributed by atoms with Gasteiger partial charge in [-0.15, -0.1) is 0 Å². The zero-order valence-corrected chi connectivity index (χ0v) is 9.61. The third-order valence-corrected chi connectivity index (χ3v) is 2.09. The highest BCUT2D eigenvalue weighted by atomic mass is 16.4. The first kappa shape index (κ1) is 13.5. The Morgan fingerprint density at radius 1 is 1.07 bits per heavy atom. The van der Waals surface area contributed by atoms with Crippen LogP contribution in [-0.2, 0) is 4.79 Å². The molecule has 0 spiro atoms. The first-order valence-corrected chi connectivity index (χ1v) is 4.80. The van der Waals surface area contributed by atoms with Gasteiger partial charge < -0.3 is 10.2 Å². The molecule has 0 aromatic heterocycles. The van der Waals surface area contributed by atoms with E-state index in [9.17, 15) is 9.90 Å². The van der Waals surface area contributed by atoms with Gasteiger partial charge in [-0.25, -0.2) is 0 Å². The summed E-state index contributed by atoms with van der Waals surface area (Å²) in [6, 6.07) is 0. The van der Waals surface area contributed by atoms with E-state index in [1.807, 2.05) is 13.8 Å². The molecule has 0 amide bonds. The molecule has 0 rings (SSSR count). The lowest BCUT2D eigenvalue weighted by Crippen LogP contribution is -2.26.